The first-order valence-electron chi connectivity index (χ1n) is 6.64. The fourth-order valence-electron chi connectivity index (χ4n) is 2.68. The van der Waals surface area contributed by atoms with Crippen LogP contribution >= 0.6 is 11.3 Å². The molecule has 0 aliphatic carbocycles. The third-order valence-electron chi connectivity index (χ3n) is 3.56. The highest BCUT2D eigenvalue weighted by Gasteiger charge is 2.17. The summed E-state index contributed by atoms with van der Waals surface area (Å²) in [6.45, 7) is 9.33. The quantitative estimate of drug-likeness (QED) is 0.886. The number of nitrogens with one attached hydrogen (secondary N) is 1. The molecule has 1 aliphatic rings. The van der Waals surface area contributed by atoms with Gasteiger partial charge in [-0.1, -0.05) is 6.92 Å². The summed E-state index contributed by atoms with van der Waals surface area (Å²) in [6.07, 6.45) is 2.78. The minimum atomic E-state index is 0.875. The van der Waals surface area contributed by atoms with Crippen molar-refractivity contribution < 1.29 is 0 Å². The second-order valence-corrected chi connectivity index (χ2v) is 6.65. The Hall–Kier alpha value is -0.380. The lowest BCUT2D eigenvalue weighted by molar-refractivity contribution is 0.176. The molecule has 2 heterocycles. The van der Waals surface area contributed by atoms with Crippen LogP contribution in [0.25, 0.3) is 0 Å². The highest BCUT2D eigenvalue weighted by Crippen LogP contribution is 2.25. The zero-order chi connectivity index (χ0) is 12.3. The standard InChI is InChI=1S/C14H24N2S/c1-11-5-4-6-16(9-11)10-13-7-14(8-15-3)17-12(13)2/h7,11,15H,4-6,8-10H2,1-3H3. The Morgan fingerprint density at radius 3 is 3.06 bits per heavy atom. The summed E-state index contributed by atoms with van der Waals surface area (Å²) in [7, 11) is 2.01. The average Bonchev–Trinajstić information content (AvgIpc) is 2.60. The first-order valence-corrected chi connectivity index (χ1v) is 7.46. The Morgan fingerprint density at radius 1 is 1.53 bits per heavy atom. The number of hydrogen-bond acceptors (Lipinski definition) is 3. The van der Waals surface area contributed by atoms with Crippen LogP contribution < -0.4 is 5.32 Å². The lowest BCUT2D eigenvalue weighted by Gasteiger charge is -2.30. The number of rotatable bonds is 4. The molecule has 17 heavy (non-hydrogen) atoms. The fourth-order valence-corrected chi connectivity index (χ4v) is 3.74. The Labute approximate surface area is 109 Å². The molecule has 0 spiro atoms. The van der Waals surface area contributed by atoms with Crippen molar-refractivity contribution in [3.63, 3.8) is 0 Å². The molecule has 96 valence electrons. The molecule has 0 bridgehead atoms. The van der Waals surface area contributed by atoms with Gasteiger partial charge in [-0.15, -0.1) is 11.3 Å². The number of thiophene rings is 1. The van der Waals surface area contributed by atoms with Gasteiger partial charge < -0.3 is 5.32 Å². The highest BCUT2D eigenvalue weighted by atomic mass is 32.1. The van der Waals surface area contributed by atoms with Gasteiger partial charge in [0.05, 0.1) is 0 Å². The molecule has 1 aromatic heterocycles. The molecule has 1 unspecified atom stereocenters. The summed E-state index contributed by atoms with van der Waals surface area (Å²) >= 11 is 1.94. The van der Waals surface area contributed by atoms with E-state index in [1.54, 1.807) is 0 Å². The minimum Gasteiger partial charge on any atom is -0.315 e. The van der Waals surface area contributed by atoms with Crippen LogP contribution in [0, 0.1) is 12.8 Å². The maximum absolute atomic E-state index is 3.23. The molecular weight excluding hydrogens is 228 g/mol. The number of piperidine rings is 1. The summed E-state index contributed by atoms with van der Waals surface area (Å²) < 4.78 is 0. The zero-order valence-corrected chi connectivity index (χ0v) is 12.1. The van der Waals surface area contributed by atoms with Crippen molar-refractivity contribution in [2.45, 2.75) is 39.8 Å². The Kier molecular flexibility index (Phi) is 4.60. The van der Waals surface area contributed by atoms with Crippen LogP contribution in [-0.2, 0) is 13.1 Å². The first-order chi connectivity index (χ1) is 8.19. The number of likely N-dealkylation sites (tertiary alicyclic amines) is 1. The lowest BCUT2D eigenvalue weighted by atomic mass is 10.00. The van der Waals surface area contributed by atoms with E-state index in [1.165, 1.54) is 41.2 Å². The molecular formula is C14H24N2S. The minimum absolute atomic E-state index is 0.875. The molecule has 1 fully saturated rings. The molecule has 2 nitrogen and oxygen atoms in total. The second-order valence-electron chi connectivity index (χ2n) is 5.31. The number of nitrogens with zero attached hydrogens (tertiary/aromatic N) is 1. The van der Waals surface area contributed by atoms with Crippen molar-refractivity contribution >= 4 is 11.3 Å². The van der Waals surface area contributed by atoms with Gasteiger partial charge in [-0.25, -0.2) is 0 Å². The van der Waals surface area contributed by atoms with Crippen molar-refractivity contribution in [2.75, 3.05) is 20.1 Å². The Balaban J connectivity index is 1.97. The van der Waals surface area contributed by atoms with E-state index in [9.17, 15) is 0 Å². The van der Waals surface area contributed by atoms with E-state index < -0.39 is 0 Å². The fraction of sp³-hybridized carbons (Fsp3) is 0.714. The van der Waals surface area contributed by atoms with Gasteiger partial charge >= 0.3 is 0 Å². The average molecular weight is 252 g/mol. The number of hydrogen-bond donors (Lipinski definition) is 1. The molecule has 1 aliphatic heterocycles. The van der Waals surface area contributed by atoms with E-state index in [-0.39, 0.29) is 0 Å². The normalized spacial score (nSPS) is 21.9. The third kappa shape index (κ3) is 3.54. The van der Waals surface area contributed by atoms with Crippen molar-refractivity contribution in [3.05, 3.63) is 21.4 Å². The van der Waals surface area contributed by atoms with Gasteiger partial charge in [-0.3, -0.25) is 4.90 Å². The predicted molar refractivity (Wildman–Crippen MR) is 75.5 cm³/mol. The van der Waals surface area contributed by atoms with E-state index >= 15 is 0 Å². The van der Waals surface area contributed by atoms with Crippen LogP contribution in [0.3, 0.4) is 0 Å². The maximum atomic E-state index is 3.23. The van der Waals surface area contributed by atoms with Gasteiger partial charge in [0.2, 0.25) is 0 Å². The predicted octanol–water partition coefficient (Wildman–Crippen LogP) is 3.01. The van der Waals surface area contributed by atoms with Crippen molar-refractivity contribution in [1.29, 1.82) is 0 Å². The molecule has 0 amide bonds. The summed E-state index contributed by atoms with van der Waals surface area (Å²) in [5.41, 5.74) is 1.54. The Bertz CT molecular complexity index is 359. The Morgan fingerprint density at radius 2 is 2.35 bits per heavy atom. The van der Waals surface area contributed by atoms with E-state index in [4.69, 9.17) is 0 Å². The van der Waals surface area contributed by atoms with Crippen molar-refractivity contribution in [2.24, 2.45) is 5.92 Å². The zero-order valence-electron chi connectivity index (χ0n) is 11.3. The smallest absolute Gasteiger partial charge is 0.0296 e. The molecule has 0 radical (unpaired) electrons. The summed E-state index contributed by atoms with van der Waals surface area (Å²) in [5.74, 6) is 0.875. The monoisotopic (exact) mass is 252 g/mol. The molecule has 1 aromatic rings. The van der Waals surface area contributed by atoms with Gasteiger partial charge in [-0.2, -0.15) is 0 Å². The van der Waals surface area contributed by atoms with Gasteiger partial charge in [0.1, 0.15) is 0 Å². The maximum Gasteiger partial charge on any atom is 0.0296 e. The van der Waals surface area contributed by atoms with Gasteiger partial charge in [0, 0.05) is 29.4 Å². The van der Waals surface area contributed by atoms with Crippen LogP contribution in [0.5, 0.6) is 0 Å². The van der Waals surface area contributed by atoms with Gasteiger partial charge in [0.25, 0.3) is 0 Å². The topological polar surface area (TPSA) is 15.3 Å². The molecule has 0 aromatic carbocycles. The van der Waals surface area contributed by atoms with Gasteiger partial charge in [-0.05, 0) is 50.9 Å². The van der Waals surface area contributed by atoms with Crippen molar-refractivity contribution in [3.8, 4) is 0 Å². The summed E-state index contributed by atoms with van der Waals surface area (Å²) in [4.78, 5) is 5.57. The summed E-state index contributed by atoms with van der Waals surface area (Å²) in [5, 5.41) is 3.23. The molecule has 1 N–H and O–H groups in total. The third-order valence-corrected chi connectivity index (χ3v) is 4.65. The van der Waals surface area contributed by atoms with E-state index in [0.29, 0.717) is 0 Å². The van der Waals surface area contributed by atoms with Crippen LogP contribution in [0.2, 0.25) is 0 Å². The van der Waals surface area contributed by atoms with Crippen molar-refractivity contribution in [1.82, 2.24) is 10.2 Å². The van der Waals surface area contributed by atoms with Gasteiger partial charge in [0.15, 0.2) is 0 Å². The summed E-state index contributed by atoms with van der Waals surface area (Å²) in [6, 6.07) is 2.38. The van der Waals surface area contributed by atoms with Crippen LogP contribution in [0.1, 0.15) is 35.1 Å². The first kappa shape index (κ1) is 13.1. The largest absolute Gasteiger partial charge is 0.315 e. The lowest BCUT2D eigenvalue weighted by Crippen LogP contribution is -2.33. The van der Waals surface area contributed by atoms with Crippen LogP contribution in [0.15, 0.2) is 6.07 Å². The number of aryl methyl sites for hydroxylation is 1. The van der Waals surface area contributed by atoms with Crippen LogP contribution in [-0.4, -0.2) is 25.0 Å². The molecule has 0 saturated carbocycles. The van der Waals surface area contributed by atoms with E-state index in [1.807, 2.05) is 18.4 Å². The van der Waals surface area contributed by atoms with Crippen LogP contribution in [0.4, 0.5) is 0 Å². The highest BCUT2D eigenvalue weighted by molar-refractivity contribution is 7.12. The molecule has 1 saturated heterocycles. The van der Waals surface area contributed by atoms with E-state index in [0.717, 1.165) is 19.0 Å². The van der Waals surface area contributed by atoms with E-state index in [2.05, 4.69) is 30.1 Å². The SMILES string of the molecule is CNCc1cc(CN2CCCC(C)C2)c(C)s1. The molecule has 2 rings (SSSR count). The molecule has 1 atom stereocenters. The second kappa shape index (κ2) is 5.98. The molecule has 3 heteroatoms.